The fourth-order valence-corrected chi connectivity index (χ4v) is 9.06. The third-order valence-corrected chi connectivity index (χ3v) is 9.22. The summed E-state index contributed by atoms with van der Waals surface area (Å²) in [7, 11) is 0. The number of rotatable bonds is 7. The minimum absolute atomic E-state index is 0.0984. The standard InChI is InChI=1S/C24H38N4OS/c1-22-11-17-12-23(2,14-22)16-24(13-17,15-22)20(29)25-10-6-9-19-26-27-21(30-3)28(19)18-7-4-5-8-18/h17-18H,4-16H2,1-3H3,(H,25,29). The highest BCUT2D eigenvalue weighted by Crippen LogP contribution is 2.69. The molecule has 6 rings (SSSR count). The molecule has 5 nitrogen and oxygen atoms in total. The second-order valence-corrected chi connectivity index (χ2v) is 12.5. The number of thioether (sulfide) groups is 1. The van der Waals surface area contributed by atoms with E-state index >= 15 is 0 Å². The van der Waals surface area contributed by atoms with Gasteiger partial charge in [-0.05, 0) is 80.8 Å². The highest BCUT2D eigenvalue weighted by molar-refractivity contribution is 7.98. The summed E-state index contributed by atoms with van der Waals surface area (Å²) in [5.74, 6) is 2.21. The second kappa shape index (κ2) is 7.53. The molecular formula is C24H38N4OS. The van der Waals surface area contributed by atoms with Gasteiger partial charge in [0, 0.05) is 19.0 Å². The van der Waals surface area contributed by atoms with Gasteiger partial charge in [-0.15, -0.1) is 10.2 Å². The average molecular weight is 431 g/mol. The number of hydrogen-bond donors (Lipinski definition) is 1. The van der Waals surface area contributed by atoms with Gasteiger partial charge in [-0.25, -0.2) is 0 Å². The van der Waals surface area contributed by atoms with E-state index in [9.17, 15) is 4.79 Å². The molecule has 0 radical (unpaired) electrons. The molecule has 0 aromatic carbocycles. The molecule has 1 N–H and O–H groups in total. The number of nitrogens with zero attached hydrogens (tertiary/aromatic N) is 3. The van der Waals surface area contributed by atoms with Gasteiger partial charge in [0.15, 0.2) is 5.16 Å². The van der Waals surface area contributed by atoms with Crippen molar-refractivity contribution in [1.82, 2.24) is 20.1 Å². The number of hydrogen-bond acceptors (Lipinski definition) is 4. The summed E-state index contributed by atoms with van der Waals surface area (Å²) in [6, 6.07) is 0.570. The fourth-order valence-electron chi connectivity index (χ4n) is 8.48. The number of aryl methyl sites for hydroxylation is 1. The van der Waals surface area contributed by atoms with Crippen LogP contribution in [0.1, 0.15) is 96.3 Å². The first-order valence-electron chi connectivity index (χ1n) is 12.1. The van der Waals surface area contributed by atoms with Gasteiger partial charge in [0.2, 0.25) is 5.91 Å². The van der Waals surface area contributed by atoms with Crippen molar-refractivity contribution in [2.75, 3.05) is 12.8 Å². The Kier molecular flexibility index (Phi) is 5.23. The van der Waals surface area contributed by atoms with Crippen LogP contribution in [0.4, 0.5) is 0 Å². The molecule has 1 aromatic rings. The Morgan fingerprint density at radius 2 is 1.80 bits per heavy atom. The van der Waals surface area contributed by atoms with Crippen molar-refractivity contribution >= 4 is 17.7 Å². The first-order valence-corrected chi connectivity index (χ1v) is 13.3. The van der Waals surface area contributed by atoms with Crippen molar-refractivity contribution in [3.05, 3.63) is 5.82 Å². The zero-order valence-electron chi connectivity index (χ0n) is 19.0. The lowest BCUT2D eigenvalue weighted by Gasteiger charge is -2.64. The van der Waals surface area contributed by atoms with E-state index in [0.29, 0.717) is 22.8 Å². The summed E-state index contributed by atoms with van der Waals surface area (Å²) in [5, 5.41) is 13.3. The lowest BCUT2D eigenvalue weighted by atomic mass is 9.40. The lowest BCUT2D eigenvalue weighted by Crippen LogP contribution is -2.59. The highest BCUT2D eigenvalue weighted by Gasteiger charge is 2.62. The summed E-state index contributed by atoms with van der Waals surface area (Å²) >= 11 is 1.70. The zero-order chi connectivity index (χ0) is 21.0. The van der Waals surface area contributed by atoms with E-state index in [1.54, 1.807) is 11.8 Å². The van der Waals surface area contributed by atoms with Crippen molar-refractivity contribution < 1.29 is 4.79 Å². The Morgan fingerprint density at radius 1 is 1.10 bits per heavy atom. The van der Waals surface area contributed by atoms with Gasteiger partial charge in [0.25, 0.3) is 0 Å². The number of carbonyl (C=O) groups excluding carboxylic acids is 1. The molecule has 5 aliphatic rings. The van der Waals surface area contributed by atoms with E-state index in [4.69, 9.17) is 0 Å². The third kappa shape index (κ3) is 3.61. The fraction of sp³-hybridized carbons (Fsp3) is 0.875. The maximum Gasteiger partial charge on any atom is 0.226 e. The van der Waals surface area contributed by atoms with Crippen molar-refractivity contribution in [2.45, 2.75) is 102 Å². The normalized spacial score (nSPS) is 37.8. The molecule has 166 valence electrons. The summed E-state index contributed by atoms with van der Waals surface area (Å²) in [4.78, 5) is 13.4. The quantitative estimate of drug-likeness (QED) is 0.479. The molecule has 1 heterocycles. The number of nitrogens with one attached hydrogen (secondary N) is 1. The van der Waals surface area contributed by atoms with Crippen LogP contribution in [0.2, 0.25) is 0 Å². The predicted octanol–water partition coefficient (Wildman–Crippen LogP) is 5.16. The molecule has 5 aliphatic carbocycles. The lowest BCUT2D eigenvalue weighted by molar-refractivity contribution is -0.170. The van der Waals surface area contributed by atoms with Crippen molar-refractivity contribution in [2.24, 2.45) is 22.2 Å². The van der Waals surface area contributed by atoms with Crippen LogP contribution < -0.4 is 5.32 Å². The molecule has 0 aliphatic heterocycles. The summed E-state index contributed by atoms with van der Waals surface area (Å²) in [6.07, 6.45) is 16.4. The van der Waals surface area contributed by atoms with E-state index < -0.39 is 0 Å². The van der Waals surface area contributed by atoms with Gasteiger partial charge < -0.3 is 9.88 Å². The van der Waals surface area contributed by atoms with Crippen LogP contribution in [0.25, 0.3) is 0 Å². The minimum Gasteiger partial charge on any atom is -0.356 e. The Morgan fingerprint density at radius 3 is 2.43 bits per heavy atom. The summed E-state index contributed by atoms with van der Waals surface area (Å²) < 4.78 is 2.39. The molecule has 5 saturated carbocycles. The van der Waals surface area contributed by atoms with Crippen LogP contribution >= 0.6 is 11.8 Å². The predicted molar refractivity (Wildman–Crippen MR) is 120 cm³/mol. The molecule has 0 saturated heterocycles. The Bertz CT molecular complexity index is 796. The molecule has 5 fully saturated rings. The van der Waals surface area contributed by atoms with Crippen LogP contribution in [0.3, 0.4) is 0 Å². The molecular weight excluding hydrogens is 392 g/mol. The second-order valence-electron chi connectivity index (χ2n) is 11.7. The third-order valence-electron chi connectivity index (χ3n) is 8.58. The van der Waals surface area contributed by atoms with Crippen LogP contribution in [-0.4, -0.2) is 33.5 Å². The van der Waals surface area contributed by atoms with Crippen LogP contribution in [0, 0.1) is 22.2 Å². The Labute approximate surface area is 185 Å². The Balaban J connectivity index is 1.19. The molecule has 0 spiro atoms. The van der Waals surface area contributed by atoms with Gasteiger partial charge >= 0.3 is 0 Å². The molecule has 2 atom stereocenters. The smallest absolute Gasteiger partial charge is 0.226 e. The van der Waals surface area contributed by atoms with Crippen LogP contribution in [-0.2, 0) is 11.2 Å². The molecule has 1 aromatic heterocycles. The van der Waals surface area contributed by atoms with Gasteiger partial charge in [-0.2, -0.15) is 0 Å². The number of aromatic nitrogens is 3. The summed E-state index contributed by atoms with van der Waals surface area (Å²) in [6.45, 7) is 5.64. The molecule has 2 unspecified atom stereocenters. The van der Waals surface area contributed by atoms with Crippen LogP contribution in [0.5, 0.6) is 0 Å². The van der Waals surface area contributed by atoms with Crippen molar-refractivity contribution in [1.29, 1.82) is 0 Å². The van der Waals surface area contributed by atoms with Crippen molar-refractivity contribution in [3.63, 3.8) is 0 Å². The van der Waals surface area contributed by atoms with Crippen LogP contribution in [0.15, 0.2) is 5.16 Å². The Hall–Kier alpha value is -1.04. The molecule has 30 heavy (non-hydrogen) atoms. The summed E-state index contributed by atoms with van der Waals surface area (Å²) in [5.41, 5.74) is 0.674. The number of carbonyl (C=O) groups is 1. The minimum atomic E-state index is -0.0984. The largest absolute Gasteiger partial charge is 0.356 e. The first kappa shape index (κ1) is 20.8. The van der Waals surface area contributed by atoms with Gasteiger partial charge in [-0.1, -0.05) is 38.5 Å². The van der Waals surface area contributed by atoms with E-state index in [0.717, 1.165) is 55.5 Å². The van der Waals surface area contributed by atoms with Gasteiger partial charge in [0.1, 0.15) is 5.82 Å². The maximum atomic E-state index is 13.4. The number of amides is 1. The average Bonchev–Trinajstić information content (AvgIpc) is 3.31. The first-order chi connectivity index (χ1) is 14.3. The van der Waals surface area contributed by atoms with E-state index in [2.05, 4.69) is 40.2 Å². The molecule has 4 bridgehead atoms. The SMILES string of the molecule is CSc1nnc(CCCNC(=O)C23CC4CC(C)(CC(C)(C4)C2)C3)n1C1CCCC1. The van der Waals surface area contributed by atoms with E-state index in [-0.39, 0.29) is 5.41 Å². The molecule has 6 heteroatoms. The van der Waals surface area contributed by atoms with E-state index in [1.807, 2.05) is 0 Å². The van der Waals surface area contributed by atoms with E-state index in [1.165, 1.54) is 44.9 Å². The zero-order valence-corrected chi connectivity index (χ0v) is 19.8. The monoisotopic (exact) mass is 430 g/mol. The van der Waals surface area contributed by atoms with Gasteiger partial charge in [0.05, 0.1) is 5.41 Å². The highest BCUT2D eigenvalue weighted by atomic mass is 32.2. The maximum absolute atomic E-state index is 13.4. The molecule has 1 amide bonds. The topological polar surface area (TPSA) is 59.8 Å². The van der Waals surface area contributed by atoms with Crippen molar-refractivity contribution in [3.8, 4) is 0 Å². The van der Waals surface area contributed by atoms with Gasteiger partial charge in [-0.3, -0.25) is 4.79 Å².